The highest BCUT2D eigenvalue weighted by Crippen LogP contribution is 2.11. The van der Waals surface area contributed by atoms with Crippen LogP contribution >= 0.6 is 11.6 Å². The zero-order valence-corrected chi connectivity index (χ0v) is 8.96. The van der Waals surface area contributed by atoms with Crippen LogP contribution in [0.4, 0.5) is 0 Å². The topological polar surface area (TPSA) is 30.7 Å². The summed E-state index contributed by atoms with van der Waals surface area (Å²) in [6, 6.07) is 0. The number of aryl methyl sites for hydroxylation is 2. The maximum Gasteiger partial charge on any atom is 0.0827 e. The molecule has 3 nitrogen and oxygen atoms in total. The lowest BCUT2D eigenvalue weighted by atomic mass is 10.1. The molecule has 13 heavy (non-hydrogen) atoms. The van der Waals surface area contributed by atoms with Crippen molar-refractivity contribution in [3.8, 4) is 0 Å². The molecule has 0 bridgehead atoms. The third-order valence-corrected chi connectivity index (χ3v) is 2.57. The molecule has 0 amide bonds. The average Bonchev–Trinajstić information content (AvgIpc) is 2.51. The maximum absolute atomic E-state index is 6.00. The molecule has 4 heteroatoms. The van der Waals surface area contributed by atoms with E-state index in [-0.39, 0.29) is 0 Å². The van der Waals surface area contributed by atoms with E-state index >= 15 is 0 Å². The number of hydrogen-bond donors (Lipinski definition) is 0. The maximum atomic E-state index is 6.00. The van der Waals surface area contributed by atoms with Crippen molar-refractivity contribution < 1.29 is 0 Å². The van der Waals surface area contributed by atoms with Crippen LogP contribution in [-0.4, -0.2) is 20.4 Å². The second kappa shape index (κ2) is 5.22. The van der Waals surface area contributed by atoms with Crippen LogP contribution in [0.15, 0.2) is 6.20 Å². The lowest BCUT2D eigenvalue weighted by molar-refractivity contribution is 0.665. The Morgan fingerprint density at radius 1 is 1.62 bits per heavy atom. The average molecular weight is 202 g/mol. The van der Waals surface area contributed by atoms with Crippen LogP contribution in [0.1, 0.15) is 31.9 Å². The highest BCUT2D eigenvalue weighted by Gasteiger charge is 2.02. The summed E-state index contributed by atoms with van der Waals surface area (Å²) in [6.45, 7) is 2.11. The molecule has 0 aromatic carbocycles. The molecule has 0 N–H and O–H groups in total. The van der Waals surface area contributed by atoms with Crippen molar-refractivity contribution in [1.29, 1.82) is 0 Å². The minimum absolute atomic E-state index is 0.316. The van der Waals surface area contributed by atoms with Crippen LogP contribution < -0.4 is 0 Å². The van der Waals surface area contributed by atoms with Gasteiger partial charge < -0.3 is 0 Å². The first-order chi connectivity index (χ1) is 6.22. The quantitative estimate of drug-likeness (QED) is 0.684. The van der Waals surface area contributed by atoms with Crippen LogP contribution in [0.2, 0.25) is 0 Å². The standard InChI is InChI=1S/C9H16ClN3/c1-3-8(10)5-4-6-9-7-13(2)12-11-9/h7-8H,3-6H2,1-2H3. The highest BCUT2D eigenvalue weighted by atomic mass is 35.5. The first-order valence-corrected chi connectivity index (χ1v) is 5.15. The van der Waals surface area contributed by atoms with Gasteiger partial charge in [0.15, 0.2) is 0 Å². The van der Waals surface area contributed by atoms with Crippen molar-refractivity contribution in [2.24, 2.45) is 7.05 Å². The zero-order valence-electron chi connectivity index (χ0n) is 8.20. The van der Waals surface area contributed by atoms with Gasteiger partial charge in [0.25, 0.3) is 0 Å². The fourth-order valence-electron chi connectivity index (χ4n) is 1.22. The van der Waals surface area contributed by atoms with E-state index in [1.54, 1.807) is 4.68 Å². The van der Waals surface area contributed by atoms with Gasteiger partial charge in [0.2, 0.25) is 0 Å². The van der Waals surface area contributed by atoms with Crippen LogP contribution in [0, 0.1) is 0 Å². The van der Waals surface area contributed by atoms with Gasteiger partial charge >= 0.3 is 0 Å². The molecule has 74 valence electrons. The number of nitrogens with zero attached hydrogens (tertiary/aromatic N) is 3. The molecule has 0 saturated heterocycles. The summed E-state index contributed by atoms with van der Waals surface area (Å²) in [4.78, 5) is 0. The van der Waals surface area contributed by atoms with Crippen LogP contribution in [0.5, 0.6) is 0 Å². The van der Waals surface area contributed by atoms with Gasteiger partial charge in [-0.2, -0.15) is 0 Å². The molecular formula is C9H16ClN3. The highest BCUT2D eigenvalue weighted by molar-refractivity contribution is 6.20. The van der Waals surface area contributed by atoms with Crippen molar-refractivity contribution >= 4 is 11.6 Å². The summed E-state index contributed by atoms with van der Waals surface area (Å²) in [5.41, 5.74) is 1.06. The Bertz CT molecular complexity index is 247. The molecular weight excluding hydrogens is 186 g/mol. The van der Waals surface area contributed by atoms with Gasteiger partial charge in [0, 0.05) is 18.6 Å². The zero-order chi connectivity index (χ0) is 9.68. The van der Waals surface area contributed by atoms with Gasteiger partial charge in [-0.05, 0) is 25.7 Å². The first-order valence-electron chi connectivity index (χ1n) is 4.71. The summed E-state index contributed by atoms with van der Waals surface area (Å²) in [7, 11) is 1.88. The fourth-order valence-corrected chi connectivity index (χ4v) is 1.37. The van der Waals surface area contributed by atoms with Crippen molar-refractivity contribution in [1.82, 2.24) is 15.0 Å². The van der Waals surface area contributed by atoms with E-state index in [2.05, 4.69) is 17.2 Å². The van der Waals surface area contributed by atoms with E-state index in [0.29, 0.717) is 5.38 Å². The number of rotatable bonds is 5. The van der Waals surface area contributed by atoms with E-state index in [1.165, 1.54) is 0 Å². The second-order valence-electron chi connectivity index (χ2n) is 3.28. The summed E-state index contributed by atoms with van der Waals surface area (Å²) >= 11 is 6.00. The van der Waals surface area contributed by atoms with Crippen molar-refractivity contribution in [3.05, 3.63) is 11.9 Å². The van der Waals surface area contributed by atoms with Gasteiger partial charge in [-0.3, -0.25) is 4.68 Å². The minimum atomic E-state index is 0.316. The number of aromatic nitrogens is 3. The smallest absolute Gasteiger partial charge is 0.0827 e. The third-order valence-electron chi connectivity index (χ3n) is 2.04. The summed E-state index contributed by atoms with van der Waals surface area (Å²) in [6.07, 6.45) is 6.14. The van der Waals surface area contributed by atoms with E-state index in [4.69, 9.17) is 11.6 Å². The Labute approximate surface area is 84.1 Å². The molecule has 0 saturated carbocycles. The monoisotopic (exact) mass is 201 g/mol. The summed E-state index contributed by atoms with van der Waals surface area (Å²) in [5.74, 6) is 0. The van der Waals surface area contributed by atoms with Gasteiger partial charge in [-0.15, -0.1) is 16.7 Å². The van der Waals surface area contributed by atoms with E-state index in [9.17, 15) is 0 Å². The van der Waals surface area contributed by atoms with Gasteiger partial charge in [0.1, 0.15) is 0 Å². The Kier molecular flexibility index (Phi) is 4.22. The van der Waals surface area contributed by atoms with Crippen molar-refractivity contribution in [2.75, 3.05) is 0 Å². The molecule has 0 aliphatic carbocycles. The van der Waals surface area contributed by atoms with E-state index < -0.39 is 0 Å². The number of alkyl halides is 1. The normalized spacial score (nSPS) is 13.2. The van der Waals surface area contributed by atoms with Crippen LogP contribution in [0.25, 0.3) is 0 Å². The largest absolute Gasteiger partial charge is 0.255 e. The Morgan fingerprint density at radius 3 is 2.92 bits per heavy atom. The molecule has 1 atom stereocenters. The van der Waals surface area contributed by atoms with Crippen LogP contribution in [0.3, 0.4) is 0 Å². The number of halogens is 1. The van der Waals surface area contributed by atoms with Gasteiger partial charge in [-0.1, -0.05) is 12.1 Å². The molecule has 1 aromatic rings. The molecule has 1 aromatic heterocycles. The van der Waals surface area contributed by atoms with Gasteiger partial charge in [0.05, 0.1) is 5.69 Å². The molecule has 0 fully saturated rings. The predicted octanol–water partition coefficient (Wildman–Crippen LogP) is 2.16. The third kappa shape index (κ3) is 3.77. The minimum Gasteiger partial charge on any atom is -0.255 e. The summed E-state index contributed by atoms with van der Waals surface area (Å²) in [5, 5.41) is 8.19. The van der Waals surface area contributed by atoms with E-state index in [1.807, 2.05) is 13.2 Å². The Balaban J connectivity index is 2.20. The Morgan fingerprint density at radius 2 is 2.38 bits per heavy atom. The summed E-state index contributed by atoms with van der Waals surface area (Å²) < 4.78 is 1.73. The predicted molar refractivity (Wildman–Crippen MR) is 53.9 cm³/mol. The SMILES string of the molecule is CCC(Cl)CCCc1cn(C)nn1. The first kappa shape index (κ1) is 10.5. The van der Waals surface area contributed by atoms with Gasteiger partial charge in [-0.25, -0.2) is 0 Å². The number of hydrogen-bond acceptors (Lipinski definition) is 2. The molecule has 0 radical (unpaired) electrons. The Hall–Kier alpha value is -0.570. The molecule has 1 heterocycles. The molecule has 1 rings (SSSR count). The lowest BCUT2D eigenvalue weighted by Crippen LogP contribution is -1.97. The fraction of sp³-hybridized carbons (Fsp3) is 0.778. The van der Waals surface area contributed by atoms with Crippen molar-refractivity contribution in [3.63, 3.8) is 0 Å². The van der Waals surface area contributed by atoms with E-state index in [0.717, 1.165) is 31.4 Å². The molecule has 0 spiro atoms. The lowest BCUT2D eigenvalue weighted by Gasteiger charge is -2.03. The molecule has 1 unspecified atom stereocenters. The second-order valence-corrected chi connectivity index (χ2v) is 3.90. The van der Waals surface area contributed by atoms with Crippen molar-refractivity contribution in [2.45, 2.75) is 38.0 Å². The molecule has 0 aliphatic rings. The van der Waals surface area contributed by atoms with Crippen LogP contribution in [-0.2, 0) is 13.5 Å². The molecule has 0 aliphatic heterocycles.